The molecule has 0 atom stereocenters. The van der Waals surface area contributed by atoms with Gasteiger partial charge in [-0.3, -0.25) is 4.79 Å². The summed E-state index contributed by atoms with van der Waals surface area (Å²) in [7, 11) is 0. The average molecular weight is 221 g/mol. The molecule has 0 saturated carbocycles. The Kier molecular flexibility index (Phi) is 4.99. The van der Waals surface area contributed by atoms with Crippen LogP contribution in [0.3, 0.4) is 0 Å². The van der Waals surface area contributed by atoms with Crippen molar-refractivity contribution in [3.05, 3.63) is 29.8 Å². The zero-order valence-corrected chi connectivity index (χ0v) is 10.1. The minimum atomic E-state index is -0.109. The van der Waals surface area contributed by atoms with Gasteiger partial charge in [0.2, 0.25) is 5.91 Å². The van der Waals surface area contributed by atoms with Gasteiger partial charge in [0.1, 0.15) is 6.61 Å². The molecule has 3 nitrogen and oxygen atoms in total. The molecule has 1 rings (SSSR count). The first-order valence-corrected chi connectivity index (χ1v) is 5.62. The van der Waals surface area contributed by atoms with Crippen molar-refractivity contribution in [2.45, 2.75) is 33.3 Å². The number of rotatable bonds is 5. The number of carbonyl (C=O) groups excluding carboxylic acids is 1. The van der Waals surface area contributed by atoms with Gasteiger partial charge in [-0.05, 0) is 38.0 Å². The second-order valence-corrected chi connectivity index (χ2v) is 3.96. The summed E-state index contributed by atoms with van der Waals surface area (Å²) in [6.07, 6.45) is 1.04. The second kappa shape index (κ2) is 6.28. The van der Waals surface area contributed by atoms with E-state index in [0.29, 0.717) is 0 Å². The predicted octanol–water partition coefficient (Wildman–Crippen LogP) is 2.61. The van der Waals surface area contributed by atoms with Crippen molar-refractivity contribution in [2.75, 3.05) is 11.9 Å². The van der Waals surface area contributed by atoms with Gasteiger partial charge in [-0.1, -0.05) is 19.1 Å². The maximum atomic E-state index is 11.5. The quantitative estimate of drug-likeness (QED) is 0.830. The first kappa shape index (κ1) is 12.7. The molecule has 1 aromatic carbocycles. The van der Waals surface area contributed by atoms with Gasteiger partial charge in [0, 0.05) is 5.69 Å². The zero-order chi connectivity index (χ0) is 12.0. The minimum absolute atomic E-state index is 0.0766. The Morgan fingerprint density at radius 2 is 2.19 bits per heavy atom. The number of hydrogen-bond donors (Lipinski definition) is 1. The molecule has 1 amide bonds. The molecule has 0 radical (unpaired) electrons. The Labute approximate surface area is 96.8 Å². The van der Waals surface area contributed by atoms with Crippen LogP contribution in [0.4, 0.5) is 5.69 Å². The molecule has 88 valence electrons. The van der Waals surface area contributed by atoms with Gasteiger partial charge in [-0.15, -0.1) is 0 Å². The third-order valence-corrected chi connectivity index (χ3v) is 2.17. The summed E-state index contributed by atoms with van der Waals surface area (Å²) in [6.45, 7) is 6.01. The molecule has 0 heterocycles. The summed E-state index contributed by atoms with van der Waals surface area (Å²) >= 11 is 0. The predicted molar refractivity (Wildman–Crippen MR) is 65.5 cm³/mol. The molecule has 0 spiro atoms. The van der Waals surface area contributed by atoms with Gasteiger partial charge >= 0.3 is 0 Å². The van der Waals surface area contributed by atoms with Crippen LogP contribution >= 0.6 is 0 Å². The summed E-state index contributed by atoms with van der Waals surface area (Å²) in [5.74, 6) is -0.109. The molecule has 1 N–H and O–H groups in total. The van der Waals surface area contributed by atoms with Crippen molar-refractivity contribution >= 4 is 11.6 Å². The zero-order valence-electron chi connectivity index (χ0n) is 10.1. The lowest BCUT2D eigenvalue weighted by atomic mass is 10.1. The number of aryl methyl sites for hydroxylation is 1. The van der Waals surface area contributed by atoms with Crippen LogP contribution in [0, 0.1) is 0 Å². The topological polar surface area (TPSA) is 38.3 Å². The normalized spacial score (nSPS) is 10.5. The van der Waals surface area contributed by atoms with Crippen LogP contribution < -0.4 is 5.32 Å². The molecule has 0 aromatic heterocycles. The van der Waals surface area contributed by atoms with Gasteiger partial charge < -0.3 is 10.1 Å². The van der Waals surface area contributed by atoms with E-state index < -0.39 is 0 Å². The first-order chi connectivity index (χ1) is 7.61. The van der Waals surface area contributed by atoms with Crippen LogP contribution in [0.2, 0.25) is 0 Å². The van der Waals surface area contributed by atoms with Crippen LogP contribution in [0.25, 0.3) is 0 Å². The van der Waals surface area contributed by atoms with E-state index in [2.05, 4.69) is 12.2 Å². The van der Waals surface area contributed by atoms with E-state index >= 15 is 0 Å². The number of anilines is 1. The van der Waals surface area contributed by atoms with Crippen molar-refractivity contribution in [3.8, 4) is 0 Å². The maximum Gasteiger partial charge on any atom is 0.250 e. The van der Waals surface area contributed by atoms with Crippen LogP contribution in [-0.4, -0.2) is 18.6 Å². The van der Waals surface area contributed by atoms with E-state index in [1.165, 1.54) is 5.56 Å². The standard InChI is InChI=1S/C13H19NO2/c1-4-11-6-5-7-12(8-11)14-13(15)9-16-10(2)3/h5-8,10H,4,9H2,1-3H3,(H,14,15). The highest BCUT2D eigenvalue weighted by Gasteiger charge is 2.04. The van der Waals surface area contributed by atoms with E-state index in [4.69, 9.17) is 4.74 Å². The molecule has 3 heteroatoms. The fraction of sp³-hybridized carbons (Fsp3) is 0.462. The molecule has 0 unspecified atom stereocenters. The lowest BCUT2D eigenvalue weighted by Crippen LogP contribution is -2.20. The first-order valence-electron chi connectivity index (χ1n) is 5.62. The fourth-order valence-corrected chi connectivity index (χ4v) is 1.31. The van der Waals surface area contributed by atoms with Gasteiger partial charge in [0.15, 0.2) is 0 Å². The highest BCUT2D eigenvalue weighted by atomic mass is 16.5. The molecule has 16 heavy (non-hydrogen) atoms. The number of amides is 1. The van der Waals surface area contributed by atoms with Crippen molar-refractivity contribution < 1.29 is 9.53 Å². The van der Waals surface area contributed by atoms with Crippen LogP contribution in [0.1, 0.15) is 26.3 Å². The Morgan fingerprint density at radius 1 is 1.44 bits per heavy atom. The number of benzene rings is 1. The SMILES string of the molecule is CCc1cccc(NC(=O)COC(C)C)c1. The summed E-state index contributed by atoms with van der Waals surface area (Å²) in [5.41, 5.74) is 2.04. The van der Waals surface area contributed by atoms with Crippen molar-refractivity contribution in [1.29, 1.82) is 0 Å². The lowest BCUT2D eigenvalue weighted by Gasteiger charge is -2.09. The van der Waals surface area contributed by atoms with Crippen LogP contribution in [0.15, 0.2) is 24.3 Å². The van der Waals surface area contributed by atoms with Gasteiger partial charge in [-0.2, -0.15) is 0 Å². The molecule has 0 saturated heterocycles. The van der Waals surface area contributed by atoms with E-state index in [1.807, 2.05) is 38.1 Å². The molecule has 0 bridgehead atoms. The number of nitrogens with one attached hydrogen (secondary N) is 1. The van der Waals surface area contributed by atoms with Crippen molar-refractivity contribution in [1.82, 2.24) is 0 Å². The molecule has 1 aromatic rings. The third-order valence-electron chi connectivity index (χ3n) is 2.17. The second-order valence-electron chi connectivity index (χ2n) is 3.96. The largest absolute Gasteiger partial charge is 0.369 e. The van der Waals surface area contributed by atoms with E-state index in [0.717, 1.165) is 12.1 Å². The minimum Gasteiger partial charge on any atom is -0.369 e. The summed E-state index contributed by atoms with van der Waals surface area (Å²) in [6, 6.07) is 7.84. The average Bonchev–Trinajstić information content (AvgIpc) is 2.26. The summed E-state index contributed by atoms with van der Waals surface area (Å²) < 4.78 is 5.22. The van der Waals surface area contributed by atoms with E-state index in [-0.39, 0.29) is 18.6 Å². The Bertz CT molecular complexity index is 348. The van der Waals surface area contributed by atoms with Crippen LogP contribution in [-0.2, 0) is 16.0 Å². The van der Waals surface area contributed by atoms with E-state index in [1.54, 1.807) is 0 Å². The van der Waals surface area contributed by atoms with Gasteiger partial charge in [0.05, 0.1) is 6.10 Å². The third kappa shape index (κ3) is 4.45. The van der Waals surface area contributed by atoms with Gasteiger partial charge in [-0.25, -0.2) is 0 Å². The number of carbonyl (C=O) groups is 1. The monoisotopic (exact) mass is 221 g/mol. The molecular weight excluding hydrogens is 202 g/mol. The van der Waals surface area contributed by atoms with Crippen LogP contribution in [0.5, 0.6) is 0 Å². The Balaban J connectivity index is 2.49. The Morgan fingerprint density at radius 3 is 2.81 bits per heavy atom. The lowest BCUT2D eigenvalue weighted by molar-refractivity contribution is -0.121. The van der Waals surface area contributed by atoms with Crippen molar-refractivity contribution in [2.24, 2.45) is 0 Å². The maximum absolute atomic E-state index is 11.5. The number of ether oxygens (including phenoxy) is 1. The fourth-order valence-electron chi connectivity index (χ4n) is 1.31. The summed E-state index contributed by atoms with van der Waals surface area (Å²) in [4.78, 5) is 11.5. The summed E-state index contributed by atoms with van der Waals surface area (Å²) in [5, 5.41) is 2.81. The highest BCUT2D eigenvalue weighted by Crippen LogP contribution is 2.10. The molecular formula is C13H19NO2. The Hall–Kier alpha value is -1.35. The molecule has 0 fully saturated rings. The molecule has 0 aliphatic rings. The van der Waals surface area contributed by atoms with Crippen molar-refractivity contribution in [3.63, 3.8) is 0 Å². The molecule has 0 aliphatic heterocycles. The van der Waals surface area contributed by atoms with Gasteiger partial charge in [0.25, 0.3) is 0 Å². The highest BCUT2D eigenvalue weighted by molar-refractivity contribution is 5.91. The smallest absolute Gasteiger partial charge is 0.250 e. The number of hydrogen-bond acceptors (Lipinski definition) is 2. The van der Waals surface area contributed by atoms with E-state index in [9.17, 15) is 4.79 Å². The molecule has 0 aliphatic carbocycles.